The van der Waals surface area contributed by atoms with Crippen LogP contribution in [0, 0.1) is 0 Å². The Morgan fingerprint density at radius 2 is 1.84 bits per heavy atom. The number of anilines is 2. The highest BCUT2D eigenvalue weighted by Crippen LogP contribution is 2.35. The summed E-state index contributed by atoms with van der Waals surface area (Å²) in [6, 6.07) is 18.7. The van der Waals surface area contributed by atoms with Gasteiger partial charge in [-0.3, -0.25) is 9.52 Å². The molecule has 2 N–H and O–H groups in total. The lowest BCUT2D eigenvalue weighted by atomic mass is 10.1. The number of methoxy groups -OCH3 is 1. The van der Waals surface area contributed by atoms with Gasteiger partial charge < -0.3 is 14.6 Å². The molecule has 3 aromatic carbocycles. The number of benzene rings is 3. The van der Waals surface area contributed by atoms with Gasteiger partial charge in [-0.15, -0.1) is 0 Å². The van der Waals surface area contributed by atoms with Crippen LogP contribution in [-0.2, 0) is 21.4 Å². The number of ether oxygens (including phenoxy) is 1. The van der Waals surface area contributed by atoms with E-state index in [1.165, 1.54) is 19.2 Å². The summed E-state index contributed by atoms with van der Waals surface area (Å²) in [7, 11) is -2.29. The molecule has 0 radical (unpaired) electrons. The molecule has 4 aromatic rings. The third kappa shape index (κ3) is 3.38. The van der Waals surface area contributed by atoms with Crippen molar-refractivity contribution in [2.45, 2.75) is 11.4 Å². The minimum atomic E-state index is -3.81. The third-order valence-corrected chi connectivity index (χ3v) is 6.51. The molecular weight excluding hydrogens is 416 g/mol. The lowest BCUT2D eigenvalue weighted by molar-refractivity contribution is -0.116. The number of hydrogen-bond donors (Lipinski definition) is 2. The van der Waals surface area contributed by atoms with E-state index in [1.54, 1.807) is 30.3 Å². The molecule has 0 bridgehead atoms. The Morgan fingerprint density at radius 1 is 1.06 bits per heavy atom. The average molecular weight is 434 g/mol. The number of nitrogens with zero attached hydrogens (tertiary/aromatic N) is 2. The van der Waals surface area contributed by atoms with Gasteiger partial charge in [-0.2, -0.15) is 0 Å². The fourth-order valence-corrected chi connectivity index (χ4v) is 4.70. The first-order valence-corrected chi connectivity index (χ1v) is 11.0. The van der Waals surface area contributed by atoms with E-state index < -0.39 is 10.0 Å². The summed E-state index contributed by atoms with van der Waals surface area (Å²) in [6.45, 7) is 0.122. The van der Waals surface area contributed by atoms with Crippen molar-refractivity contribution in [3.05, 3.63) is 66.7 Å². The second-order valence-electron chi connectivity index (χ2n) is 7.10. The number of aromatic nitrogens is 2. The van der Waals surface area contributed by atoms with Gasteiger partial charge in [0.2, 0.25) is 5.91 Å². The molecule has 1 aliphatic heterocycles. The standard InChI is InChI=1S/C22H18N4O4S/c1-30-15-7-9-16(10-8-15)31(28,29)25-14-6-11-17-19(12-14)23-21(27)13-26-20-5-3-2-4-18(20)24-22(17)26/h2-12,25H,13H2,1H3,(H,23,27). The van der Waals surface area contributed by atoms with Crippen molar-refractivity contribution >= 4 is 38.3 Å². The zero-order valence-electron chi connectivity index (χ0n) is 16.5. The fraction of sp³-hybridized carbons (Fsp3) is 0.0909. The molecule has 0 aliphatic carbocycles. The molecule has 0 unspecified atom stereocenters. The van der Waals surface area contributed by atoms with E-state index in [9.17, 15) is 13.2 Å². The van der Waals surface area contributed by atoms with Crippen LogP contribution in [0.15, 0.2) is 71.6 Å². The molecule has 1 aliphatic rings. The zero-order chi connectivity index (χ0) is 21.6. The minimum absolute atomic E-state index is 0.106. The van der Waals surface area contributed by atoms with Gasteiger partial charge in [0.1, 0.15) is 18.1 Å². The molecule has 0 spiro atoms. The van der Waals surface area contributed by atoms with Crippen molar-refractivity contribution in [1.29, 1.82) is 0 Å². The Kier molecular flexibility index (Phi) is 4.40. The summed E-state index contributed by atoms with van der Waals surface area (Å²) in [6.07, 6.45) is 0. The monoisotopic (exact) mass is 434 g/mol. The number of amides is 1. The molecule has 156 valence electrons. The van der Waals surface area contributed by atoms with Crippen LogP contribution in [0.5, 0.6) is 5.75 Å². The molecular formula is C22H18N4O4S. The van der Waals surface area contributed by atoms with E-state index in [-0.39, 0.29) is 17.3 Å². The maximum atomic E-state index is 12.8. The van der Waals surface area contributed by atoms with Gasteiger partial charge in [0.05, 0.1) is 34.4 Å². The van der Waals surface area contributed by atoms with E-state index in [1.807, 2.05) is 28.8 Å². The number of fused-ring (bicyclic) bond motifs is 5. The Balaban J connectivity index is 1.54. The highest BCUT2D eigenvalue weighted by atomic mass is 32.2. The third-order valence-electron chi connectivity index (χ3n) is 5.11. The fourth-order valence-electron chi connectivity index (χ4n) is 3.65. The van der Waals surface area contributed by atoms with Crippen LogP contribution in [-0.4, -0.2) is 31.0 Å². The molecule has 9 heteroatoms. The number of rotatable bonds is 4. The van der Waals surface area contributed by atoms with Gasteiger partial charge in [0.25, 0.3) is 10.0 Å². The van der Waals surface area contributed by atoms with Crippen LogP contribution < -0.4 is 14.8 Å². The van der Waals surface area contributed by atoms with E-state index in [4.69, 9.17) is 4.74 Å². The number of imidazole rings is 1. The molecule has 1 aromatic heterocycles. The molecule has 31 heavy (non-hydrogen) atoms. The summed E-state index contributed by atoms with van der Waals surface area (Å²) in [4.78, 5) is 17.3. The van der Waals surface area contributed by atoms with E-state index in [0.29, 0.717) is 22.9 Å². The van der Waals surface area contributed by atoms with Gasteiger partial charge in [0.15, 0.2) is 0 Å². The molecule has 1 amide bonds. The molecule has 5 rings (SSSR count). The largest absolute Gasteiger partial charge is 0.497 e. The normalized spacial score (nSPS) is 13.1. The molecule has 0 saturated heterocycles. The second-order valence-corrected chi connectivity index (χ2v) is 8.78. The van der Waals surface area contributed by atoms with Gasteiger partial charge in [0, 0.05) is 5.56 Å². The quantitative estimate of drug-likeness (QED) is 0.512. The Bertz CT molecular complexity index is 1430. The number of carbonyl (C=O) groups excluding carboxylic acids is 1. The SMILES string of the molecule is COc1ccc(S(=O)(=O)Nc2ccc3c(c2)NC(=O)Cn2c-3nc3ccccc32)cc1. The molecule has 0 atom stereocenters. The first-order valence-electron chi connectivity index (χ1n) is 9.51. The van der Waals surface area contributed by atoms with Crippen molar-refractivity contribution in [2.75, 3.05) is 17.1 Å². The van der Waals surface area contributed by atoms with E-state index >= 15 is 0 Å². The second kappa shape index (κ2) is 7.13. The first kappa shape index (κ1) is 19.1. The lowest BCUT2D eigenvalue weighted by Gasteiger charge is -2.12. The van der Waals surface area contributed by atoms with E-state index in [2.05, 4.69) is 15.0 Å². The Hall–Kier alpha value is -3.85. The number of para-hydroxylation sites is 2. The van der Waals surface area contributed by atoms with Crippen molar-refractivity contribution in [2.24, 2.45) is 0 Å². The molecule has 2 heterocycles. The van der Waals surface area contributed by atoms with Crippen molar-refractivity contribution in [3.63, 3.8) is 0 Å². The average Bonchev–Trinajstić information content (AvgIpc) is 3.05. The van der Waals surface area contributed by atoms with Crippen LogP contribution in [0.3, 0.4) is 0 Å². The van der Waals surface area contributed by atoms with Crippen LogP contribution in [0.2, 0.25) is 0 Å². The molecule has 8 nitrogen and oxygen atoms in total. The predicted octanol–water partition coefficient (Wildman–Crippen LogP) is 3.46. The number of carbonyl (C=O) groups is 1. The highest BCUT2D eigenvalue weighted by molar-refractivity contribution is 7.92. The van der Waals surface area contributed by atoms with Crippen LogP contribution in [0.1, 0.15) is 0 Å². The van der Waals surface area contributed by atoms with Crippen molar-refractivity contribution < 1.29 is 17.9 Å². The maximum Gasteiger partial charge on any atom is 0.261 e. The van der Waals surface area contributed by atoms with Crippen molar-refractivity contribution in [3.8, 4) is 17.1 Å². The van der Waals surface area contributed by atoms with Crippen LogP contribution in [0.4, 0.5) is 11.4 Å². The zero-order valence-corrected chi connectivity index (χ0v) is 17.3. The predicted molar refractivity (Wildman–Crippen MR) is 118 cm³/mol. The van der Waals surface area contributed by atoms with Gasteiger partial charge in [-0.1, -0.05) is 12.1 Å². The van der Waals surface area contributed by atoms with Crippen LogP contribution in [0.25, 0.3) is 22.4 Å². The Morgan fingerprint density at radius 3 is 2.61 bits per heavy atom. The number of hydrogen-bond acceptors (Lipinski definition) is 5. The van der Waals surface area contributed by atoms with Crippen LogP contribution >= 0.6 is 0 Å². The molecule has 0 fully saturated rings. The Labute approximate surface area is 178 Å². The first-order chi connectivity index (χ1) is 14.9. The van der Waals surface area contributed by atoms with Gasteiger partial charge in [-0.05, 0) is 54.6 Å². The molecule has 0 saturated carbocycles. The summed E-state index contributed by atoms with van der Waals surface area (Å²) in [5, 5.41) is 2.85. The lowest BCUT2D eigenvalue weighted by Crippen LogP contribution is -2.16. The number of nitrogens with one attached hydrogen (secondary N) is 2. The summed E-state index contributed by atoms with van der Waals surface area (Å²) in [5.41, 5.74) is 3.20. The topological polar surface area (TPSA) is 102 Å². The smallest absolute Gasteiger partial charge is 0.261 e. The minimum Gasteiger partial charge on any atom is -0.497 e. The summed E-state index contributed by atoms with van der Waals surface area (Å²) >= 11 is 0. The number of sulfonamides is 1. The summed E-state index contributed by atoms with van der Waals surface area (Å²) in [5.74, 6) is 1.01. The highest BCUT2D eigenvalue weighted by Gasteiger charge is 2.23. The van der Waals surface area contributed by atoms with Gasteiger partial charge in [-0.25, -0.2) is 13.4 Å². The van der Waals surface area contributed by atoms with Gasteiger partial charge >= 0.3 is 0 Å². The van der Waals surface area contributed by atoms with E-state index in [0.717, 1.165) is 16.6 Å². The maximum absolute atomic E-state index is 12.8. The summed E-state index contributed by atoms with van der Waals surface area (Å²) < 4.78 is 35.0. The van der Waals surface area contributed by atoms with Crippen molar-refractivity contribution in [1.82, 2.24) is 9.55 Å².